The van der Waals surface area contributed by atoms with Crippen molar-refractivity contribution in [2.45, 2.75) is 60.0 Å². The Morgan fingerprint density at radius 1 is 1.08 bits per heavy atom. The molecule has 1 aromatic heterocycles. The quantitative estimate of drug-likeness (QED) is 0.780. The van der Waals surface area contributed by atoms with Crippen molar-refractivity contribution in [2.75, 3.05) is 6.61 Å². The fraction of sp³-hybridized carbons (Fsp3) is 0.500. The van der Waals surface area contributed by atoms with Crippen LogP contribution in [0.3, 0.4) is 0 Å². The van der Waals surface area contributed by atoms with E-state index in [1.807, 2.05) is 13.8 Å². The molecule has 1 aromatic carbocycles. The van der Waals surface area contributed by atoms with Gasteiger partial charge >= 0.3 is 6.16 Å². The van der Waals surface area contributed by atoms with E-state index in [0.29, 0.717) is 24.5 Å². The van der Waals surface area contributed by atoms with Crippen molar-refractivity contribution in [1.82, 2.24) is 9.36 Å². The van der Waals surface area contributed by atoms with Gasteiger partial charge in [-0.1, -0.05) is 24.6 Å². The van der Waals surface area contributed by atoms with Crippen molar-refractivity contribution in [3.8, 4) is 17.0 Å². The molecule has 2 aromatic rings. The number of aryl methyl sites for hydroxylation is 3. The monoisotopic (exact) mass is 358 g/mol. The summed E-state index contributed by atoms with van der Waals surface area (Å²) in [4.78, 5) is 25.2. The van der Waals surface area contributed by atoms with Crippen LogP contribution in [0.4, 0.5) is 4.79 Å². The van der Waals surface area contributed by atoms with E-state index in [1.165, 1.54) is 0 Å². The fourth-order valence-electron chi connectivity index (χ4n) is 3.77. The van der Waals surface area contributed by atoms with E-state index in [9.17, 15) is 9.59 Å². The minimum atomic E-state index is -0.775. The van der Waals surface area contributed by atoms with Crippen LogP contribution < -0.4 is 10.3 Å². The van der Waals surface area contributed by atoms with Crippen molar-refractivity contribution in [1.29, 1.82) is 0 Å². The first-order valence-corrected chi connectivity index (χ1v) is 9.26. The third kappa shape index (κ3) is 3.16. The Morgan fingerprint density at radius 2 is 1.77 bits per heavy atom. The third-order valence-electron chi connectivity index (χ3n) is 4.81. The molecule has 0 radical (unpaired) electrons. The molecule has 0 unspecified atom stereocenters. The topological polar surface area (TPSA) is 62.5 Å². The van der Waals surface area contributed by atoms with Crippen molar-refractivity contribution in [3.63, 3.8) is 0 Å². The summed E-state index contributed by atoms with van der Waals surface area (Å²) in [5.74, 6) is 0.301. The molecular weight excluding hydrogens is 332 g/mol. The minimum Gasteiger partial charge on any atom is -0.434 e. The average Bonchev–Trinajstić information content (AvgIpc) is 2.87. The number of ether oxygens (including phenoxy) is 2. The first kappa shape index (κ1) is 18.3. The van der Waals surface area contributed by atoms with E-state index < -0.39 is 6.16 Å². The van der Waals surface area contributed by atoms with E-state index in [1.54, 1.807) is 16.3 Å². The molecule has 0 fully saturated rings. The molecule has 26 heavy (non-hydrogen) atoms. The van der Waals surface area contributed by atoms with Crippen molar-refractivity contribution in [3.05, 3.63) is 39.2 Å². The van der Waals surface area contributed by atoms with Crippen molar-refractivity contribution >= 4 is 6.16 Å². The summed E-state index contributed by atoms with van der Waals surface area (Å²) >= 11 is 0. The minimum absolute atomic E-state index is 0.106. The molecule has 3 rings (SSSR count). The molecule has 0 bridgehead atoms. The summed E-state index contributed by atoms with van der Waals surface area (Å²) in [5.41, 5.74) is 4.48. The van der Waals surface area contributed by atoms with E-state index in [-0.39, 0.29) is 12.2 Å². The fourth-order valence-corrected chi connectivity index (χ4v) is 3.77. The molecule has 6 nitrogen and oxygen atoms in total. The van der Waals surface area contributed by atoms with Gasteiger partial charge < -0.3 is 9.47 Å². The second kappa shape index (κ2) is 7.40. The smallest absolute Gasteiger partial charge is 0.434 e. The normalized spacial score (nSPS) is 13.4. The van der Waals surface area contributed by atoms with Crippen LogP contribution in [0.2, 0.25) is 0 Å². The van der Waals surface area contributed by atoms with Crippen LogP contribution >= 0.6 is 0 Å². The zero-order valence-electron chi connectivity index (χ0n) is 15.9. The molecule has 6 heteroatoms. The van der Waals surface area contributed by atoms with Crippen LogP contribution in [0.1, 0.15) is 43.4 Å². The lowest BCUT2D eigenvalue weighted by atomic mass is 9.93. The predicted molar refractivity (Wildman–Crippen MR) is 99.9 cm³/mol. The van der Waals surface area contributed by atoms with Gasteiger partial charge in [-0.25, -0.2) is 9.48 Å². The molecule has 1 aliphatic rings. The molecule has 0 N–H and O–H groups in total. The van der Waals surface area contributed by atoms with E-state index in [2.05, 4.69) is 19.1 Å². The molecule has 140 valence electrons. The van der Waals surface area contributed by atoms with Crippen molar-refractivity contribution in [2.24, 2.45) is 0 Å². The first-order chi connectivity index (χ1) is 12.5. The SMILES string of the molecule is CCOC(=O)Oc1c(-c2c(C)cc(C)cc2CC)c(=O)n2n1CCCC2. The highest BCUT2D eigenvalue weighted by atomic mass is 16.7. The van der Waals surface area contributed by atoms with Crippen LogP contribution in [0.5, 0.6) is 5.88 Å². The number of carbonyl (C=O) groups is 1. The molecule has 0 amide bonds. The number of nitrogens with zero attached hydrogens (tertiary/aromatic N) is 2. The first-order valence-electron chi connectivity index (χ1n) is 9.26. The summed E-state index contributed by atoms with van der Waals surface area (Å²) in [6.07, 6.45) is 1.90. The Labute approximate surface area is 153 Å². The number of benzene rings is 1. The summed E-state index contributed by atoms with van der Waals surface area (Å²) < 4.78 is 14.0. The third-order valence-corrected chi connectivity index (χ3v) is 4.81. The Morgan fingerprint density at radius 3 is 2.42 bits per heavy atom. The zero-order chi connectivity index (χ0) is 18.8. The van der Waals surface area contributed by atoms with Gasteiger partial charge in [-0.3, -0.25) is 9.48 Å². The van der Waals surface area contributed by atoms with E-state index in [4.69, 9.17) is 9.47 Å². The van der Waals surface area contributed by atoms with Crippen molar-refractivity contribution < 1.29 is 14.3 Å². The second-order valence-electron chi connectivity index (χ2n) is 6.69. The van der Waals surface area contributed by atoms with Crippen LogP contribution in [0.25, 0.3) is 11.1 Å². The predicted octanol–water partition coefficient (Wildman–Crippen LogP) is 3.83. The highest BCUT2D eigenvalue weighted by molar-refractivity contribution is 5.77. The molecule has 0 aliphatic carbocycles. The largest absolute Gasteiger partial charge is 0.515 e. The number of fused-ring (bicyclic) bond motifs is 1. The molecule has 0 atom stereocenters. The number of carbonyl (C=O) groups excluding carboxylic acids is 1. The maximum absolute atomic E-state index is 13.2. The Bertz CT molecular complexity index is 892. The number of hydrogen-bond acceptors (Lipinski definition) is 4. The van der Waals surface area contributed by atoms with Gasteiger partial charge in [0, 0.05) is 13.1 Å². The maximum atomic E-state index is 13.2. The van der Waals surface area contributed by atoms with Gasteiger partial charge in [0.2, 0.25) is 5.88 Å². The molecule has 0 saturated heterocycles. The Hall–Kier alpha value is -2.50. The average molecular weight is 358 g/mol. The molecule has 1 aliphatic heterocycles. The number of hydrogen-bond donors (Lipinski definition) is 0. The van der Waals surface area contributed by atoms with Gasteiger partial charge in [-0.15, -0.1) is 0 Å². The Kier molecular flexibility index (Phi) is 5.20. The standard InChI is InChI=1S/C20H26N2O4/c1-5-15-12-13(3)11-14(4)16(15)17-18(23)21-9-7-8-10-22(21)19(17)26-20(24)25-6-2/h11-12H,5-10H2,1-4H3. The molecule has 2 heterocycles. The summed E-state index contributed by atoms with van der Waals surface area (Å²) in [6, 6.07) is 4.15. The Balaban J connectivity index is 2.26. The van der Waals surface area contributed by atoms with Gasteiger partial charge in [-0.2, -0.15) is 0 Å². The van der Waals surface area contributed by atoms with Gasteiger partial charge in [0.15, 0.2) is 0 Å². The number of aromatic nitrogens is 2. The highest BCUT2D eigenvalue weighted by Gasteiger charge is 2.28. The van der Waals surface area contributed by atoms with E-state index in [0.717, 1.165) is 41.5 Å². The maximum Gasteiger partial charge on any atom is 0.515 e. The van der Waals surface area contributed by atoms with Crippen LogP contribution in [-0.2, 0) is 24.2 Å². The van der Waals surface area contributed by atoms with Crippen LogP contribution in [0.15, 0.2) is 16.9 Å². The molecule has 0 spiro atoms. The highest BCUT2D eigenvalue weighted by Crippen LogP contribution is 2.35. The summed E-state index contributed by atoms with van der Waals surface area (Å²) in [6.45, 7) is 9.34. The summed E-state index contributed by atoms with van der Waals surface area (Å²) in [5, 5.41) is 0. The van der Waals surface area contributed by atoms with Gasteiger partial charge in [0.1, 0.15) is 5.56 Å². The lowest BCUT2D eigenvalue weighted by Crippen LogP contribution is -2.27. The lowest BCUT2D eigenvalue weighted by Gasteiger charge is -2.19. The molecular formula is C20H26N2O4. The lowest BCUT2D eigenvalue weighted by molar-refractivity contribution is 0.0990. The second-order valence-corrected chi connectivity index (χ2v) is 6.69. The number of rotatable bonds is 4. The van der Waals surface area contributed by atoms with Gasteiger partial charge in [-0.05, 0) is 56.7 Å². The van der Waals surface area contributed by atoms with Gasteiger partial charge in [0.25, 0.3) is 5.56 Å². The van der Waals surface area contributed by atoms with Crippen LogP contribution in [-0.4, -0.2) is 22.1 Å². The zero-order valence-corrected chi connectivity index (χ0v) is 15.9. The van der Waals surface area contributed by atoms with E-state index >= 15 is 0 Å². The summed E-state index contributed by atoms with van der Waals surface area (Å²) in [7, 11) is 0. The molecule has 0 saturated carbocycles. The van der Waals surface area contributed by atoms with Crippen LogP contribution in [0, 0.1) is 13.8 Å². The van der Waals surface area contributed by atoms with Gasteiger partial charge in [0.05, 0.1) is 6.61 Å².